The lowest BCUT2D eigenvalue weighted by atomic mass is 10.1. The number of nitro benzene ring substituents is 1. The molecule has 1 aliphatic heterocycles. The Morgan fingerprint density at radius 2 is 1.64 bits per heavy atom. The number of hydrogen-bond acceptors (Lipinski definition) is 6. The van der Waals surface area contributed by atoms with Gasteiger partial charge in [-0.05, 0) is 29.8 Å². The molecule has 4 rings (SSSR count). The third-order valence-electron chi connectivity index (χ3n) is 5.33. The number of benzene rings is 3. The number of nitrogens with one attached hydrogen (secondary N) is 1. The van der Waals surface area contributed by atoms with Gasteiger partial charge in [-0.25, -0.2) is 8.42 Å². The summed E-state index contributed by atoms with van der Waals surface area (Å²) in [7, 11) is -3.90. The van der Waals surface area contributed by atoms with E-state index in [9.17, 15) is 28.1 Å². The van der Waals surface area contributed by atoms with Crippen molar-refractivity contribution in [2.24, 2.45) is 0 Å². The van der Waals surface area contributed by atoms with Crippen LogP contribution in [-0.4, -0.2) is 31.7 Å². The summed E-state index contributed by atoms with van der Waals surface area (Å²) in [4.78, 5) is 37.2. The highest BCUT2D eigenvalue weighted by Gasteiger charge is 2.39. The van der Waals surface area contributed by atoms with Gasteiger partial charge in [0, 0.05) is 24.2 Å². The minimum Gasteiger partial charge on any atom is -0.325 e. The maximum atomic E-state index is 13.4. The average Bonchev–Trinajstić information content (AvgIpc) is 2.89. The molecule has 0 radical (unpaired) electrons. The van der Waals surface area contributed by atoms with Crippen molar-refractivity contribution < 1.29 is 22.9 Å². The molecule has 1 heterocycles. The Morgan fingerprint density at radius 1 is 1.00 bits per heavy atom. The second kappa shape index (κ2) is 8.83. The number of carbonyl (C=O) groups is 2. The first-order valence-corrected chi connectivity index (χ1v) is 11.5. The van der Waals surface area contributed by atoms with E-state index in [0.717, 1.165) is 4.90 Å². The van der Waals surface area contributed by atoms with Gasteiger partial charge in [-0.2, -0.15) is 0 Å². The van der Waals surface area contributed by atoms with Crippen molar-refractivity contribution in [3.8, 4) is 0 Å². The highest BCUT2D eigenvalue weighted by atomic mass is 32.2. The lowest BCUT2D eigenvalue weighted by Crippen LogP contribution is -2.38. The standard InChI is InChI=1S/C23H19N3O6S/c27-22(24-17-10-12-18(13-11-17)26(29)30)15-25-19-8-4-5-9-20(19)33(31,32)21(14-23(25)28)16-6-2-1-3-7-16/h1-13,21H,14-15H2,(H,24,27). The van der Waals surface area contributed by atoms with Gasteiger partial charge in [0.2, 0.25) is 11.8 Å². The summed E-state index contributed by atoms with van der Waals surface area (Å²) >= 11 is 0. The van der Waals surface area contributed by atoms with Crippen LogP contribution in [0.15, 0.2) is 83.8 Å². The summed E-state index contributed by atoms with van der Waals surface area (Å²) in [5.41, 5.74) is 0.829. The number of sulfone groups is 1. The van der Waals surface area contributed by atoms with Crippen LogP contribution in [0.2, 0.25) is 0 Å². The maximum Gasteiger partial charge on any atom is 0.269 e. The highest BCUT2D eigenvalue weighted by molar-refractivity contribution is 7.92. The van der Waals surface area contributed by atoms with Crippen molar-refractivity contribution in [3.05, 3.63) is 94.5 Å². The Morgan fingerprint density at radius 3 is 2.30 bits per heavy atom. The predicted octanol–water partition coefficient (Wildman–Crippen LogP) is 3.49. The Bertz CT molecular complexity index is 1320. The Balaban J connectivity index is 1.64. The number of fused-ring (bicyclic) bond motifs is 1. The largest absolute Gasteiger partial charge is 0.325 e. The summed E-state index contributed by atoms with van der Waals surface area (Å²) < 4.78 is 26.9. The fourth-order valence-electron chi connectivity index (χ4n) is 3.74. The van der Waals surface area contributed by atoms with Crippen molar-refractivity contribution in [2.45, 2.75) is 16.6 Å². The zero-order chi connectivity index (χ0) is 23.6. The second-order valence-electron chi connectivity index (χ2n) is 7.45. The topological polar surface area (TPSA) is 127 Å². The number of nitrogens with zero attached hydrogens (tertiary/aromatic N) is 2. The van der Waals surface area contributed by atoms with E-state index in [2.05, 4.69) is 5.32 Å². The number of amides is 2. The molecule has 168 valence electrons. The smallest absolute Gasteiger partial charge is 0.269 e. The Labute approximate surface area is 189 Å². The molecule has 3 aromatic carbocycles. The number of carbonyl (C=O) groups excluding carboxylic acids is 2. The van der Waals surface area contributed by atoms with Gasteiger partial charge in [0.25, 0.3) is 5.69 Å². The molecule has 10 heteroatoms. The number of hydrogen-bond donors (Lipinski definition) is 1. The zero-order valence-corrected chi connectivity index (χ0v) is 18.1. The van der Waals surface area contributed by atoms with E-state index in [1.54, 1.807) is 42.5 Å². The number of non-ortho nitro benzene ring substituents is 1. The summed E-state index contributed by atoms with van der Waals surface area (Å²) in [6.45, 7) is -0.413. The van der Waals surface area contributed by atoms with Gasteiger partial charge >= 0.3 is 0 Å². The van der Waals surface area contributed by atoms with E-state index in [1.165, 1.54) is 36.4 Å². The molecule has 1 atom stereocenters. The van der Waals surface area contributed by atoms with Crippen molar-refractivity contribution in [1.82, 2.24) is 0 Å². The SMILES string of the molecule is O=C(CN1C(=O)CC(c2ccccc2)S(=O)(=O)c2ccccc21)Nc1ccc([N+](=O)[O-])cc1. The minimum absolute atomic E-state index is 0.0205. The molecule has 1 N–H and O–H groups in total. The highest BCUT2D eigenvalue weighted by Crippen LogP contribution is 2.40. The van der Waals surface area contributed by atoms with Crippen LogP contribution in [0.5, 0.6) is 0 Å². The van der Waals surface area contributed by atoms with Gasteiger partial charge in [0.1, 0.15) is 6.54 Å². The molecule has 0 saturated heterocycles. The van der Waals surface area contributed by atoms with E-state index in [1.807, 2.05) is 0 Å². The molecule has 0 aromatic heterocycles. The Hall–Kier alpha value is -4.05. The molecule has 0 spiro atoms. The number of nitro groups is 1. The van der Waals surface area contributed by atoms with Crippen LogP contribution in [0.1, 0.15) is 17.2 Å². The molecule has 1 aliphatic rings. The third-order valence-corrected chi connectivity index (χ3v) is 7.48. The quantitative estimate of drug-likeness (QED) is 0.454. The van der Waals surface area contributed by atoms with Crippen molar-refractivity contribution >= 4 is 38.7 Å². The van der Waals surface area contributed by atoms with Crippen LogP contribution in [0.4, 0.5) is 17.1 Å². The molecule has 33 heavy (non-hydrogen) atoms. The van der Waals surface area contributed by atoms with Crippen LogP contribution < -0.4 is 10.2 Å². The molecule has 3 aromatic rings. The molecule has 0 fully saturated rings. The first-order chi connectivity index (χ1) is 15.8. The summed E-state index contributed by atoms with van der Waals surface area (Å²) in [6.07, 6.45) is -0.314. The maximum absolute atomic E-state index is 13.4. The van der Waals surface area contributed by atoms with Crippen molar-refractivity contribution in [2.75, 3.05) is 16.8 Å². The average molecular weight is 465 g/mol. The second-order valence-corrected chi connectivity index (χ2v) is 9.55. The normalized spacial score (nSPS) is 17.0. The van der Waals surface area contributed by atoms with Gasteiger partial charge in [0.15, 0.2) is 9.84 Å². The summed E-state index contributed by atoms with van der Waals surface area (Å²) in [5.74, 6) is -1.07. The van der Waals surface area contributed by atoms with Crippen LogP contribution in [0.25, 0.3) is 0 Å². The molecular weight excluding hydrogens is 446 g/mol. The van der Waals surface area contributed by atoms with Crippen LogP contribution in [0, 0.1) is 10.1 Å². The lowest BCUT2D eigenvalue weighted by Gasteiger charge is -2.21. The molecule has 1 unspecified atom stereocenters. The van der Waals surface area contributed by atoms with E-state index < -0.39 is 38.4 Å². The van der Waals surface area contributed by atoms with E-state index in [-0.39, 0.29) is 22.7 Å². The van der Waals surface area contributed by atoms with Gasteiger partial charge in [-0.15, -0.1) is 0 Å². The number of para-hydroxylation sites is 1. The van der Waals surface area contributed by atoms with Gasteiger partial charge in [-0.1, -0.05) is 42.5 Å². The van der Waals surface area contributed by atoms with Gasteiger partial charge < -0.3 is 10.2 Å². The van der Waals surface area contributed by atoms with Crippen LogP contribution in [0.3, 0.4) is 0 Å². The number of rotatable bonds is 5. The van der Waals surface area contributed by atoms with Gasteiger partial charge in [0.05, 0.1) is 20.8 Å². The molecular formula is C23H19N3O6S. The molecule has 0 saturated carbocycles. The molecule has 0 bridgehead atoms. The lowest BCUT2D eigenvalue weighted by molar-refractivity contribution is -0.384. The molecule has 2 amide bonds. The van der Waals surface area contributed by atoms with Crippen molar-refractivity contribution in [1.29, 1.82) is 0 Å². The zero-order valence-electron chi connectivity index (χ0n) is 17.2. The summed E-state index contributed by atoms with van der Waals surface area (Å²) in [6, 6.07) is 19.9. The fraction of sp³-hybridized carbons (Fsp3) is 0.130. The van der Waals surface area contributed by atoms with Crippen LogP contribution >= 0.6 is 0 Å². The Kier molecular flexibility index (Phi) is 5.93. The first-order valence-electron chi connectivity index (χ1n) is 10.00. The predicted molar refractivity (Wildman–Crippen MR) is 122 cm³/mol. The van der Waals surface area contributed by atoms with E-state index >= 15 is 0 Å². The number of anilines is 2. The summed E-state index contributed by atoms with van der Waals surface area (Å²) in [5, 5.41) is 12.3. The minimum atomic E-state index is -3.90. The fourth-order valence-corrected chi connectivity index (χ4v) is 5.66. The molecule has 9 nitrogen and oxygen atoms in total. The monoisotopic (exact) mass is 465 g/mol. The first kappa shape index (κ1) is 22.2. The third kappa shape index (κ3) is 4.46. The van der Waals surface area contributed by atoms with Crippen molar-refractivity contribution in [3.63, 3.8) is 0 Å². The van der Waals surface area contributed by atoms with Crippen LogP contribution in [-0.2, 0) is 19.4 Å². The van der Waals surface area contributed by atoms with E-state index in [0.29, 0.717) is 11.3 Å². The van der Waals surface area contributed by atoms with E-state index in [4.69, 9.17) is 0 Å². The molecule has 0 aliphatic carbocycles. The van der Waals surface area contributed by atoms with Gasteiger partial charge in [-0.3, -0.25) is 19.7 Å².